The largest absolute Gasteiger partial charge is 0.339 e. The average molecular weight is 258 g/mol. The number of hydrogen-bond acceptors (Lipinski definition) is 5. The quantitative estimate of drug-likeness (QED) is 0.836. The molecule has 0 aliphatic carbocycles. The number of rotatable bonds is 5. The summed E-state index contributed by atoms with van der Waals surface area (Å²) < 4.78 is 5.00. The van der Waals surface area contributed by atoms with E-state index in [1.807, 2.05) is 18.4 Å². The molecule has 2 aromatic heterocycles. The summed E-state index contributed by atoms with van der Waals surface area (Å²) in [4.78, 5) is 5.35. The summed E-state index contributed by atoms with van der Waals surface area (Å²) in [5, 5.41) is 9.76. The molecule has 6 heteroatoms. The minimum absolute atomic E-state index is 0.675. The van der Waals surface area contributed by atoms with E-state index in [9.17, 15) is 0 Å². The Bertz CT molecular complexity index is 412. The van der Waals surface area contributed by atoms with Crippen molar-refractivity contribution in [3.05, 3.63) is 33.1 Å². The van der Waals surface area contributed by atoms with Crippen LogP contribution in [0.25, 0.3) is 0 Å². The Labute approximate surface area is 103 Å². The number of aryl methyl sites for hydroxylation is 1. The summed E-state index contributed by atoms with van der Waals surface area (Å²) in [6.45, 7) is 3.45. The van der Waals surface area contributed by atoms with Gasteiger partial charge < -0.3 is 9.84 Å². The van der Waals surface area contributed by atoms with Crippen molar-refractivity contribution in [3.8, 4) is 0 Å². The minimum atomic E-state index is 0.675. The highest BCUT2D eigenvalue weighted by atomic mass is 35.5. The van der Waals surface area contributed by atoms with Crippen molar-refractivity contribution in [2.24, 2.45) is 0 Å². The Morgan fingerprint density at radius 2 is 2.44 bits per heavy atom. The number of nitrogens with zero attached hydrogens (tertiary/aromatic N) is 2. The van der Waals surface area contributed by atoms with Gasteiger partial charge in [0.05, 0.1) is 5.02 Å². The van der Waals surface area contributed by atoms with Crippen molar-refractivity contribution >= 4 is 22.9 Å². The molecule has 4 nitrogen and oxygen atoms in total. The molecule has 0 saturated carbocycles. The van der Waals surface area contributed by atoms with Crippen molar-refractivity contribution < 1.29 is 4.52 Å². The fourth-order valence-corrected chi connectivity index (χ4v) is 2.34. The van der Waals surface area contributed by atoms with Gasteiger partial charge in [0.25, 0.3) is 0 Å². The fourth-order valence-electron chi connectivity index (χ4n) is 1.30. The summed E-state index contributed by atoms with van der Waals surface area (Å²) in [6, 6.07) is 1.97. The lowest BCUT2D eigenvalue weighted by molar-refractivity contribution is 0.372. The van der Waals surface area contributed by atoms with E-state index in [0.717, 1.165) is 24.5 Å². The third-order valence-electron chi connectivity index (χ3n) is 2.01. The lowest BCUT2D eigenvalue weighted by Crippen LogP contribution is -2.16. The molecule has 0 saturated heterocycles. The Hall–Kier alpha value is -0.910. The number of thiophene rings is 1. The van der Waals surface area contributed by atoms with E-state index in [4.69, 9.17) is 16.1 Å². The highest BCUT2D eigenvalue weighted by Gasteiger charge is 2.02. The van der Waals surface area contributed by atoms with Crippen LogP contribution in [0.15, 0.2) is 16.0 Å². The number of nitrogens with one attached hydrogen (secondary N) is 1. The molecule has 2 aromatic rings. The second-order valence-electron chi connectivity index (χ2n) is 3.39. The van der Waals surface area contributed by atoms with E-state index < -0.39 is 0 Å². The molecule has 0 aliphatic rings. The van der Waals surface area contributed by atoms with E-state index in [1.165, 1.54) is 4.88 Å². The van der Waals surface area contributed by atoms with Gasteiger partial charge in [0.15, 0.2) is 5.82 Å². The summed E-state index contributed by atoms with van der Waals surface area (Å²) in [5.41, 5.74) is 0. The van der Waals surface area contributed by atoms with Gasteiger partial charge in [-0.2, -0.15) is 4.98 Å². The predicted octanol–water partition coefficient (Wildman–Crippen LogP) is 2.43. The van der Waals surface area contributed by atoms with Crippen LogP contribution in [0.3, 0.4) is 0 Å². The predicted molar refractivity (Wildman–Crippen MR) is 63.8 cm³/mol. The molecule has 2 heterocycles. The third-order valence-corrected chi connectivity index (χ3v) is 3.29. The summed E-state index contributed by atoms with van der Waals surface area (Å²) >= 11 is 7.48. The van der Waals surface area contributed by atoms with E-state index in [1.54, 1.807) is 11.3 Å². The van der Waals surface area contributed by atoms with Crippen LogP contribution in [-0.4, -0.2) is 16.7 Å². The summed E-state index contributed by atoms with van der Waals surface area (Å²) in [6.07, 6.45) is 0.750. The zero-order valence-corrected chi connectivity index (χ0v) is 10.4. The molecule has 0 fully saturated rings. The van der Waals surface area contributed by atoms with Gasteiger partial charge in [0.2, 0.25) is 5.89 Å². The summed E-state index contributed by atoms with van der Waals surface area (Å²) in [7, 11) is 0. The van der Waals surface area contributed by atoms with Gasteiger partial charge in [0, 0.05) is 29.8 Å². The van der Waals surface area contributed by atoms with Crippen molar-refractivity contribution in [1.29, 1.82) is 0 Å². The van der Waals surface area contributed by atoms with E-state index in [2.05, 4.69) is 15.5 Å². The Balaban J connectivity index is 1.69. The monoisotopic (exact) mass is 257 g/mol. The number of halogens is 1. The zero-order chi connectivity index (χ0) is 11.4. The Kier molecular flexibility index (Phi) is 3.93. The third kappa shape index (κ3) is 3.30. The van der Waals surface area contributed by atoms with Crippen molar-refractivity contribution in [2.75, 3.05) is 6.54 Å². The van der Waals surface area contributed by atoms with Crippen LogP contribution in [-0.2, 0) is 13.0 Å². The zero-order valence-electron chi connectivity index (χ0n) is 8.86. The second-order valence-corrected chi connectivity index (χ2v) is 4.83. The van der Waals surface area contributed by atoms with Crippen molar-refractivity contribution in [1.82, 2.24) is 15.5 Å². The molecule has 0 aromatic carbocycles. The molecule has 0 radical (unpaired) electrons. The molecule has 16 heavy (non-hydrogen) atoms. The first-order valence-electron chi connectivity index (χ1n) is 4.97. The lowest BCUT2D eigenvalue weighted by atomic mass is 10.4. The molecular weight excluding hydrogens is 246 g/mol. The van der Waals surface area contributed by atoms with Gasteiger partial charge in [-0.25, -0.2) is 0 Å². The van der Waals surface area contributed by atoms with Crippen LogP contribution >= 0.6 is 22.9 Å². The normalized spacial score (nSPS) is 10.9. The first-order chi connectivity index (χ1) is 7.74. The smallest absolute Gasteiger partial charge is 0.227 e. The molecular formula is C10H12ClN3OS. The average Bonchev–Trinajstić information content (AvgIpc) is 2.83. The first-order valence-corrected chi connectivity index (χ1v) is 6.22. The SMILES string of the molecule is Cc1noc(CCNCc2cc(Cl)cs2)n1. The van der Waals surface area contributed by atoms with Gasteiger partial charge in [-0.15, -0.1) is 11.3 Å². The molecule has 2 rings (SSSR count). The van der Waals surface area contributed by atoms with Crippen LogP contribution in [0.4, 0.5) is 0 Å². The van der Waals surface area contributed by atoms with Crippen molar-refractivity contribution in [2.45, 2.75) is 19.9 Å². The topological polar surface area (TPSA) is 51.0 Å². The minimum Gasteiger partial charge on any atom is -0.339 e. The van der Waals surface area contributed by atoms with Crippen LogP contribution < -0.4 is 5.32 Å². The van der Waals surface area contributed by atoms with Crippen LogP contribution in [0.5, 0.6) is 0 Å². The van der Waals surface area contributed by atoms with E-state index in [0.29, 0.717) is 11.7 Å². The number of aromatic nitrogens is 2. The number of hydrogen-bond donors (Lipinski definition) is 1. The van der Waals surface area contributed by atoms with Gasteiger partial charge >= 0.3 is 0 Å². The maximum absolute atomic E-state index is 5.82. The van der Waals surface area contributed by atoms with Crippen molar-refractivity contribution in [3.63, 3.8) is 0 Å². The van der Waals surface area contributed by atoms with Gasteiger partial charge in [-0.1, -0.05) is 16.8 Å². The highest BCUT2D eigenvalue weighted by Crippen LogP contribution is 2.18. The molecule has 0 spiro atoms. The van der Waals surface area contributed by atoms with Gasteiger partial charge in [-0.05, 0) is 13.0 Å². The molecule has 86 valence electrons. The maximum atomic E-state index is 5.82. The molecule has 0 amide bonds. The highest BCUT2D eigenvalue weighted by molar-refractivity contribution is 7.10. The summed E-state index contributed by atoms with van der Waals surface area (Å²) in [5.74, 6) is 1.36. The Morgan fingerprint density at radius 1 is 1.56 bits per heavy atom. The van der Waals surface area contributed by atoms with Crippen LogP contribution in [0.2, 0.25) is 5.02 Å². The molecule has 0 bridgehead atoms. The standard InChI is InChI=1S/C10H12ClN3OS/c1-7-13-10(15-14-7)2-3-12-5-9-4-8(11)6-16-9/h4,6,12H,2-3,5H2,1H3. The molecule has 0 unspecified atom stereocenters. The molecule has 0 atom stereocenters. The van der Waals surface area contributed by atoms with Crippen LogP contribution in [0.1, 0.15) is 16.6 Å². The van der Waals surface area contributed by atoms with Gasteiger partial charge in [-0.3, -0.25) is 0 Å². The fraction of sp³-hybridized carbons (Fsp3) is 0.400. The Morgan fingerprint density at radius 3 is 3.06 bits per heavy atom. The molecule has 1 N–H and O–H groups in total. The second kappa shape index (κ2) is 5.43. The van der Waals surface area contributed by atoms with Gasteiger partial charge in [0.1, 0.15) is 0 Å². The molecule has 0 aliphatic heterocycles. The van der Waals surface area contributed by atoms with Crippen LogP contribution in [0, 0.1) is 6.92 Å². The van der Waals surface area contributed by atoms with E-state index in [-0.39, 0.29) is 0 Å². The van der Waals surface area contributed by atoms with E-state index >= 15 is 0 Å². The first kappa shape index (κ1) is 11.6. The maximum Gasteiger partial charge on any atom is 0.227 e. The lowest BCUT2D eigenvalue weighted by Gasteiger charge is -1.99.